The van der Waals surface area contributed by atoms with Gasteiger partial charge in [0.15, 0.2) is 0 Å². The number of nitro benzene ring substituents is 1. The molecule has 0 unspecified atom stereocenters. The molecule has 1 aliphatic heterocycles. The number of hydrogen-bond acceptors (Lipinski definition) is 10. The molecule has 12 heteroatoms. The van der Waals surface area contributed by atoms with Crippen molar-refractivity contribution in [2.45, 2.75) is 19.6 Å². The zero-order valence-corrected chi connectivity index (χ0v) is 17.6. The van der Waals surface area contributed by atoms with E-state index < -0.39 is 28.6 Å². The third kappa shape index (κ3) is 4.13. The fraction of sp³-hybridized carbons (Fsp3) is 0.190. The largest absolute Gasteiger partial charge is 0.465 e. The molecule has 168 valence electrons. The summed E-state index contributed by atoms with van der Waals surface area (Å²) in [7, 11) is 1.18. The Balaban J connectivity index is 1.78. The van der Waals surface area contributed by atoms with E-state index in [9.17, 15) is 19.7 Å². The molecule has 1 atom stereocenters. The van der Waals surface area contributed by atoms with Crippen LogP contribution in [0.25, 0.3) is 0 Å². The van der Waals surface area contributed by atoms with Gasteiger partial charge in [0.2, 0.25) is 5.95 Å². The van der Waals surface area contributed by atoms with Gasteiger partial charge in [-0.05, 0) is 35.0 Å². The van der Waals surface area contributed by atoms with Crippen LogP contribution in [0.3, 0.4) is 0 Å². The molecule has 0 saturated carbocycles. The molecule has 0 aliphatic carbocycles. The van der Waals surface area contributed by atoms with Gasteiger partial charge in [-0.15, -0.1) is 0 Å². The summed E-state index contributed by atoms with van der Waals surface area (Å²) in [5, 5.41) is 26.2. The van der Waals surface area contributed by atoms with Gasteiger partial charge in [-0.1, -0.05) is 35.4 Å². The van der Waals surface area contributed by atoms with Crippen molar-refractivity contribution in [3.8, 4) is 0 Å². The number of ether oxygens (including phenoxy) is 2. The number of carbonyl (C=O) groups excluding carboxylic acids is 2. The number of carbonyl (C=O) groups is 2. The molecule has 12 nitrogen and oxygen atoms in total. The summed E-state index contributed by atoms with van der Waals surface area (Å²) in [6.45, 7) is 1.63. The Morgan fingerprint density at radius 1 is 1.18 bits per heavy atom. The minimum atomic E-state index is -1.06. The van der Waals surface area contributed by atoms with E-state index in [-0.39, 0.29) is 29.3 Å². The molecule has 0 fully saturated rings. The number of aromatic nitrogens is 4. The van der Waals surface area contributed by atoms with E-state index in [1.165, 1.54) is 23.9 Å². The summed E-state index contributed by atoms with van der Waals surface area (Å²) in [6.07, 6.45) is 0. The maximum absolute atomic E-state index is 13.2. The smallest absolute Gasteiger partial charge is 0.338 e. The molecule has 0 spiro atoms. The van der Waals surface area contributed by atoms with Crippen molar-refractivity contribution in [1.82, 2.24) is 20.2 Å². The first-order valence-corrected chi connectivity index (χ1v) is 9.74. The van der Waals surface area contributed by atoms with Gasteiger partial charge >= 0.3 is 11.9 Å². The average Bonchev–Trinajstić information content (AvgIpc) is 3.29. The van der Waals surface area contributed by atoms with Crippen LogP contribution in [0.1, 0.15) is 34.5 Å². The van der Waals surface area contributed by atoms with Crippen LogP contribution < -0.4 is 5.32 Å². The predicted molar refractivity (Wildman–Crippen MR) is 113 cm³/mol. The lowest BCUT2D eigenvalue weighted by molar-refractivity contribution is -0.385. The van der Waals surface area contributed by atoms with Crippen LogP contribution in [0, 0.1) is 10.1 Å². The molecular weight excluding hydrogens is 432 g/mol. The Morgan fingerprint density at radius 3 is 2.64 bits per heavy atom. The average molecular weight is 450 g/mol. The van der Waals surface area contributed by atoms with Gasteiger partial charge in [0, 0.05) is 11.8 Å². The van der Waals surface area contributed by atoms with Gasteiger partial charge in [-0.25, -0.2) is 9.59 Å². The first-order chi connectivity index (χ1) is 15.9. The summed E-state index contributed by atoms with van der Waals surface area (Å²) in [5.74, 6) is -1.22. The van der Waals surface area contributed by atoms with Crippen molar-refractivity contribution in [1.29, 1.82) is 0 Å². The van der Waals surface area contributed by atoms with Crippen LogP contribution in [0.2, 0.25) is 0 Å². The number of benzene rings is 2. The molecule has 0 amide bonds. The monoisotopic (exact) mass is 450 g/mol. The number of hydrogen-bond donors (Lipinski definition) is 1. The molecule has 33 heavy (non-hydrogen) atoms. The standard InChI is InChI=1S/C21H18N6O6/c1-12-17(20(29)33-11-13-6-4-3-5-7-13)18(26-21(22-12)23-24-25-26)15-9-8-14(19(28)32-2)10-16(15)27(30)31/h3-10,18H,11H2,1-2H3,(H,22,23,25)/t18-/m0/s1. The fourth-order valence-electron chi connectivity index (χ4n) is 3.54. The molecule has 1 aromatic heterocycles. The van der Waals surface area contributed by atoms with E-state index in [0.29, 0.717) is 5.70 Å². The van der Waals surface area contributed by atoms with Crippen LogP contribution in [-0.4, -0.2) is 44.2 Å². The maximum Gasteiger partial charge on any atom is 0.338 e. The number of esters is 2. The number of tetrazole rings is 1. The summed E-state index contributed by atoms with van der Waals surface area (Å²) in [5.41, 5.74) is 0.959. The number of nitro groups is 1. The maximum atomic E-state index is 13.2. The van der Waals surface area contributed by atoms with Crippen LogP contribution >= 0.6 is 0 Å². The second-order valence-electron chi connectivity index (χ2n) is 7.10. The predicted octanol–water partition coefficient (Wildman–Crippen LogP) is 2.40. The van der Waals surface area contributed by atoms with Crippen molar-refractivity contribution >= 4 is 23.6 Å². The zero-order chi connectivity index (χ0) is 23.5. The number of nitrogens with one attached hydrogen (secondary N) is 1. The van der Waals surface area contributed by atoms with Gasteiger partial charge in [0.1, 0.15) is 12.6 Å². The number of methoxy groups -OCH3 is 1. The first kappa shape index (κ1) is 21.6. The SMILES string of the molecule is COC(=O)c1ccc([C@H]2C(C(=O)OCc3ccccc3)=C(C)Nc3nnnn32)c([N+](=O)[O-])c1. The van der Waals surface area contributed by atoms with Crippen molar-refractivity contribution < 1.29 is 24.0 Å². The minimum absolute atomic E-state index is 0.00673. The van der Waals surface area contributed by atoms with Crippen molar-refractivity contribution in [2.24, 2.45) is 0 Å². The quantitative estimate of drug-likeness (QED) is 0.337. The summed E-state index contributed by atoms with van der Waals surface area (Å²) in [4.78, 5) is 36.3. The summed E-state index contributed by atoms with van der Waals surface area (Å²) in [6, 6.07) is 11.9. The van der Waals surface area contributed by atoms with E-state index in [4.69, 9.17) is 4.74 Å². The second kappa shape index (κ2) is 8.86. The Kier molecular flexibility index (Phi) is 5.81. The van der Waals surface area contributed by atoms with Gasteiger partial charge in [-0.3, -0.25) is 10.1 Å². The normalized spacial score (nSPS) is 14.8. The lowest BCUT2D eigenvalue weighted by Crippen LogP contribution is -2.30. The Bertz CT molecular complexity index is 1270. The molecule has 2 aromatic carbocycles. The van der Waals surface area contributed by atoms with Crippen LogP contribution in [0.5, 0.6) is 0 Å². The number of allylic oxidation sites excluding steroid dienone is 1. The second-order valence-corrected chi connectivity index (χ2v) is 7.10. The van der Waals surface area contributed by atoms with E-state index in [0.717, 1.165) is 11.6 Å². The van der Waals surface area contributed by atoms with Gasteiger partial charge in [0.05, 0.1) is 28.7 Å². The number of nitrogens with zero attached hydrogens (tertiary/aromatic N) is 5. The van der Waals surface area contributed by atoms with Gasteiger partial charge in [-0.2, -0.15) is 4.68 Å². The lowest BCUT2D eigenvalue weighted by atomic mass is 9.93. The topological polar surface area (TPSA) is 151 Å². The third-order valence-corrected chi connectivity index (χ3v) is 5.09. The molecule has 0 radical (unpaired) electrons. The van der Waals surface area contributed by atoms with Crippen molar-refractivity contribution in [3.63, 3.8) is 0 Å². The minimum Gasteiger partial charge on any atom is -0.465 e. The highest BCUT2D eigenvalue weighted by Gasteiger charge is 2.38. The molecule has 0 saturated heterocycles. The van der Waals surface area contributed by atoms with Crippen LogP contribution in [0.15, 0.2) is 59.8 Å². The molecule has 4 rings (SSSR count). The van der Waals surface area contributed by atoms with E-state index in [2.05, 4.69) is 25.6 Å². The van der Waals surface area contributed by atoms with Crippen molar-refractivity contribution in [3.05, 3.63) is 86.6 Å². The highest BCUT2D eigenvalue weighted by atomic mass is 16.6. The van der Waals surface area contributed by atoms with Crippen LogP contribution in [-0.2, 0) is 20.9 Å². The van der Waals surface area contributed by atoms with E-state index in [1.807, 2.05) is 18.2 Å². The first-order valence-electron chi connectivity index (χ1n) is 9.74. The summed E-state index contributed by atoms with van der Waals surface area (Å²) < 4.78 is 11.4. The lowest BCUT2D eigenvalue weighted by Gasteiger charge is -2.27. The highest BCUT2D eigenvalue weighted by Crippen LogP contribution is 2.39. The number of fused-ring (bicyclic) bond motifs is 1. The number of rotatable bonds is 6. The zero-order valence-electron chi connectivity index (χ0n) is 17.6. The molecule has 0 bridgehead atoms. The fourth-order valence-corrected chi connectivity index (χ4v) is 3.54. The van der Waals surface area contributed by atoms with E-state index >= 15 is 0 Å². The molecule has 1 aliphatic rings. The number of anilines is 1. The van der Waals surface area contributed by atoms with Gasteiger partial charge < -0.3 is 14.8 Å². The van der Waals surface area contributed by atoms with Gasteiger partial charge in [0.25, 0.3) is 5.69 Å². The van der Waals surface area contributed by atoms with Crippen LogP contribution in [0.4, 0.5) is 11.6 Å². The Hall–Kier alpha value is -4.61. The molecule has 3 aromatic rings. The van der Waals surface area contributed by atoms with Crippen molar-refractivity contribution in [2.75, 3.05) is 12.4 Å². The van der Waals surface area contributed by atoms with E-state index in [1.54, 1.807) is 19.1 Å². The molecule has 1 N–H and O–H groups in total. The Labute approximate surface area is 187 Å². The molecular formula is C21H18N6O6. The highest BCUT2D eigenvalue weighted by molar-refractivity contribution is 5.93. The molecule has 2 heterocycles. The summed E-state index contributed by atoms with van der Waals surface area (Å²) >= 11 is 0. The third-order valence-electron chi connectivity index (χ3n) is 5.09. The Morgan fingerprint density at radius 2 is 1.94 bits per heavy atom.